The Balaban J connectivity index is 2.11. The molecule has 37 heavy (non-hydrogen) atoms. The molecule has 9 nitrogen and oxygen atoms in total. The highest BCUT2D eigenvalue weighted by molar-refractivity contribution is 7.90. The minimum absolute atomic E-state index is 0.0557. The summed E-state index contributed by atoms with van der Waals surface area (Å²) < 4.78 is 64.0. The summed E-state index contributed by atoms with van der Waals surface area (Å²) in [5.74, 6) is -2.00. The number of benzene rings is 2. The molecular weight excluding hydrogens is 515 g/mol. The Labute approximate surface area is 209 Å². The van der Waals surface area contributed by atoms with Crippen molar-refractivity contribution in [2.45, 2.75) is 24.5 Å². The molecule has 0 atom stereocenters. The molecule has 0 aliphatic rings. The largest absolute Gasteiger partial charge is 0.416 e. The molecule has 0 aliphatic carbocycles. The number of hydroxylamine groups is 2. The van der Waals surface area contributed by atoms with Gasteiger partial charge in [0.05, 0.1) is 29.7 Å². The molecule has 1 heterocycles. The van der Waals surface area contributed by atoms with E-state index in [2.05, 4.69) is 0 Å². The summed E-state index contributed by atoms with van der Waals surface area (Å²) >= 11 is 0. The van der Waals surface area contributed by atoms with Crippen LogP contribution in [0.1, 0.15) is 37.5 Å². The van der Waals surface area contributed by atoms with Crippen molar-refractivity contribution in [1.29, 1.82) is 0 Å². The van der Waals surface area contributed by atoms with Gasteiger partial charge in [-0.2, -0.15) is 13.2 Å². The molecule has 2 amide bonds. The van der Waals surface area contributed by atoms with Crippen molar-refractivity contribution in [2.24, 2.45) is 5.73 Å². The van der Waals surface area contributed by atoms with Crippen LogP contribution in [-0.2, 0) is 27.4 Å². The van der Waals surface area contributed by atoms with Crippen LogP contribution >= 0.6 is 0 Å². The molecule has 0 saturated heterocycles. The smallest absolute Gasteiger partial charge is 0.366 e. The number of nitrogens with zero attached hydrogens (tertiary/aromatic N) is 2. The molecule has 3 rings (SSSR count). The van der Waals surface area contributed by atoms with Gasteiger partial charge in [0, 0.05) is 17.6 Å². The number of nitrogens with two attached hydrogens (primary N) is 1. The van der Waals surface area contributed by atoms with Gasteiger partial charge in [0.1, 0.15) is 5.56 Å². The minimum Gasteiger partial charge on any atom is -0.366 e. The Morgan fingerprint density at radius 3 is 2.19 bits per heavy atom. The fourth-order valence-corrected chi connectivity index (χ4v) is 4.23. The first kappa shape index (κ1) is 27.6. The quantitative estimate of drug-likeness (QED) is 0.462. The Hall–Kier alpha value is -3.97. The average Bonchev–Trinajstić information content (AvgIpc) is 2.81. The van der Waals surface area contributed by atoms with Gasteiger partial charge in [-0.05, 0) is 48.9 Å². The molecule has 3 aromatic rings. The standard InChI is InChI=1S/C24H22F3N3O6S/c1-14-19(21(28)31)12-20(23(33)30(14)17-6-4-5-16(11-17)24(25,26)27)22(32)29(36-2)13-15-7-9-18(10-8-15)37(3,34)35/h4-12H,13H2,1-3H3,(H2,28,31). The number of sulfone groups is 1. The van der Waals surface area contributed by atoms with Crippen LogP contribution in [0.5, 0.6) is 0 Å². The van der Waals surface area contributed by atoms with Gasteiger partial charge in [-0.1, -0.05) is 18.2 Å². The average molecular weight is 538 g/mol. The number of rotatable bonds is 7. The van der Waals surface area contributed by atoms with Gasteiger partial charge >= 0.3 is 6.18 Å². The zero-order valence-electron chi connectivity index (χ0n) is 19.9. The number of halogens is 3. The van der Waals surface area contributed by atoms with Crippen LogP contribution < -0.4 is 11.3 Å². The summed E-state index contributed by atoms with van der Waals surface area (Å²) in [6.07, 6.45) is -3.66. The minimum atomic E-state index is -4.70. The normalized spacial score (nSPS) is 11.8. The lowest BCUT2D eigenvalue weighted by Crippen LogP contribution is -2.37. The third-order valence-corrected chi connectivity index (χ3v) is 6.63. The summed E-state index contributed by atoms with van der Waals surface area (Å²) in [6, 6.07) is 10.4. The molecule has 2 N–H and O–H groups in total. The zero-order valence-corrected chi connectivity index (χ0v) is 20.7. The summed E-state index contributed by atoms with van der Waals surface area (Å²) in [6.45, 7) is 1.09. The Kier molecular flexibility index (Phi) is 7.60. The number of hydrogen-bond donors (Lipinski definition) is 1. The lowest BCUT2D eigenvalue weighted by molar-refractivity contribution is -0.137. The van der Waals surface area contributed by atoms with Crippen molar-refractivity contribution in [1.82, 2.24) is 9.63 Å². The molecule has 0 spiro atoms. The van der Waals surface area contributed by atoms with Crippen LogP contribution in [-0.4, -0.2) is 43.2 Å². The topological polar surface area (TPSA) is 129 Å². The van der Waals surface area contributed by atoms with Gasteiger partial charge in [-0.15, -0.1) is 0 Å². The predicted octanol–water partition coefficient (Wildman–Crippen LogP) is 2.87. The highest BCUT2D eigenvalue weighted by Gasteiger charge is 2.31. The second kappa shape index (κ2) is 10.2. The van der Waals surface area contributed by atoms with Crippen LogP contribution in [0, 0.1) is 6.92 Å². The van der Waals surface area contributed by atoms with E-state index in [4.69, 9.17) is 10.6 Å². The highest BCUT2D eigenvalue weighted by atomic mass is 32.2. The Morgan fingerprint density at radius 1 is 1.05 bits per heavy atom. The first-order valence-corrected chi connectivity index (χ1v) is 12.4. The van der Waals surface area contributed by atoms with Crippen LogP contribution in [0.15, 0.2) is 64.3 Å². The second-order valence-electron chi connectivity index (χ2n) is 8.05. The number of alkyl halides is 3. The highest BCUT2D eigenvalue weighted by Crippen LogP contribution is 2.30. The van der Waals surface area contributed by atoms with Crippen molar-refractivity contribution < 1.29 is 36.0 Å². The Morgan fingerprint density at radius 2 is 1.68 bits per heavy atom. The number of hydrogen-bond acceptors (Lipinski definition) is 6. The van der Waals surface area contributed by atoms with Crippen LogP contribution in [0.3, 0.4) is 0 Å². The lowest BCUT2D eigenvalue weighted by Gasteiger charge is -2.21. The van der Waals surface area contributed by atoms with E-state index < -0.39 is 44.5 Å². The van der Waals surface area contributed by atoms with Gasteiger partial charge in [0.15, 0.2) is 9.84 Å². The SMILES string of the molecule is CON(Cc1ccc(S(C)(=O)=O)cc1)C(=O)c1cc(C(N)=O)c(C)n(-c2cccc(C(F)(F)F)c2)c1=O. The first-order valence-electron chi connectivity index (χ1n) is 10.5. The maximum absolute atomic E-state index is 13.4. The third kappa shape index (κ3) is 5.89. The fourth-order valence-electron chi connectivity index (χ4n) is 3.60. The molecule has 0 radical (unpaired) electrons. The van der Waals surface area contributed by atoms with E-state index in [0.717, 1.165) is 41.2 Å². The number of aromatic nitrogens is 1. The van der Waals surface area contributed by atoms with Gasteiger partial charge in [0.2, 0.25) is 0 Å². The van der Waals surface area contributed by atoms with E-state index in [1.165, 1.54) is 37.3 Å². The summed E-state index contributed by atoms with van der Waals surface area (Å²) in [7, 11) is -2.30. The number of carbonyl (C=O) groups excluding carboxylic acids is 2. The van der Waals surface area contributed by atoms with Crippen LogP contribution in [0.25, 0.3) is 5.69 Å². The van der Waals surface area contributed by atoms with Gasteiger partial charge in [-0.3, -0.25) is 23.8 Å². The van der Waals surface area contributed by atoms with E-state index in [0.29, 0.717) is 11.6 Å². The van der Waals surface area contributed by atoms with E-state index in [1.807, 2.05) is 0 Å². The van der Waals surface area contributed by atoms with E-state index in [1.54, 1.807) is 0 Å². The molecule has 0 fully saturated rings. The number of primary amides is 1. The molecule has 1 aromatic heterocycles. The maximum atomic E-state index is 13.4. The molecule has 2 aromatic carbocycles. The first-order chi connectivity index (χ1) is 17.1. The maximum Gasteiger partial charge on any atom is 0.416 e. The molecule has 0 aliphatic heterocycles. The van der Waals surface area contributed by atoms with E-state index in [-0.39, 0.29) is 28.4 Å². The van der Waals surface area contributed by atoms with Crippen molar-refractivity contribution in [3.63, 3.8) is 0 Å². The van der Waals surface area contributed by atoms with Crippen molar-refractivity contribution >= 4 is 21.7 Å². The molecular formula is C24H22F3N3O6S. The van der Waals surface area contributed by atoms with Crippen molar-refractivity contribution in [3.8, 4) is 5.69 Å². The van der Waals surface area contributed by atoms with Gasteiger partial charge in [0.25, 0.3) is 17.4 Å². The lowest BCUT2D eigenvalue weighted by atomic mass is 10.1. The molecule has 0 unspecified atom stereocenters. The third-order valence-electron chi connectivity index (χ3n) is 5.50. The number of carbonyl (C=O) groups is 2. The molecule has 0 saturated carbocycles. The van der Waals surface area contributed by atoms with E-state index >= 15 is 0 Å². The van der Waals surface area contributed by atoms with Crippen molar-refractivity contribution in [3.05, 3.63) is 92.9 Å². The second-order valence-corrected chi connectivity index (χ2v) is 10.1. The molecule has 0 bridgehead atoms. The van der Waals surface area contributed by atoms with Crippen molar-refractivity contribution in [2.75, 3.05) is 13.4 Å². The monoisotopic (exact) mass is 537 g/mol. The zero-order chi connectivity index (χ0) is 27.7. The van der Waals surface area contributed by atoms with Gasteiger partial charge < -0.3 is 5.73 Å². The fraction of sp³-hybridized carbons (Fsp3) is 0.208. The summed E-state index contributed by atoms with van der Waals surface area (Å²) in [4.78, 5) is 43.9. The summed E-state index contributed by atoms with van der Waals surface area (Å²) in [5.41, 5.74) is 2.71. The molecule has 196 valence electrons. The van der Waals surface area contributed by atoms with Crippen LogP contribution in [0.4, 0.5) is 13.2 Å². The Bertz CT molecular complexity index is 1530. The molecule has 13 heteroatoms. The van der Waals surface area contributed by atoms with Crippen LogP contribution in [0.2, 0.25) is 0 Å². The van der Waals surface area contributed by atoms with E-state index in [9.17, 15) is 36.0 Å². The summed E-state index contributed by atoms with van der Waals surface area (Å²) in [5, 5.41) is 0.781. The number of amides is 2. The number of pyridine rings is 1. The predicted molar refractivity (Wildman–Crippen MR) is 127 cm³/mol. The van der Waals surface area contributed by atoms with Gasteiger partial charge in [-0.25, -0.2) is 13.5 Å².